The molecule has 11 heteroatoms. The Hall–Kier alpha value is -2.21. The minimum Gasteiger partial charge on any atom is -0.506 e. The molecule has 22 heavy (non-hydrogen) atoms. The summed E-state index contributed by atoms with van der Waals surface area (Å²) in [6, 6.07) is 5.12. The van der Waals surface area contributed by atoms with Gasteiger partial charge in [0, 0.05) is 11.5 Å². The summed E-state index contributed by atoms with van der Waals surface area (Å²) < 4.78 is 64.1. The summed E-state index contributed by atoms with van der Waals surface area (Å²) in [5.74, 6) is -3.05. The zero-order valence-corrected chi connectivity index (χ0v) is 12.0. The van der Waals surface area contributed by atoms with E-state index in [-0.39, 0.29) is 5.39 Å². The second-order valence-electron chi connectivity index (χ2n) is 4.11. The lowest BCUT2D eigenvalue weighted by molar-refractivity contribution is 0.0689. The predicted octanol–water partition coefficient (Wildman–Crippen LogP) is 0.537. The molecule has 0 bridgehead atoms. The van der Waals surface area contributed by atoms with E-state index in [9.17, 15) is 31.3 Å². The van der Waals surface area contributed by atoms with E-state index in [0.717, 1.165) is 18.2 Å². The van der Waals surface area contributed by atoms with E-state index in [0.29, 0.717) is 0 Å². The van der Waals surface area contributed by atoms with Gasteiger partial charge in [0.1, 0.15) is 21.1 Å². The van der Waals surface area contributed by atoms with Gasteiger partial charge in [-0.2, -0.15) is 16.8 Å². The van der Waals surface area contributed by atoms with Gasteiger partial charge < -0.3 is 10.2 Å². The first-order valence-electron chi connectivity index (χ1n) is 5.34. The topological polar surface area (TPSA) is 166 Å². The van der Waals surface area contributed by atoms with Gasteiger partial charge in [-0.15, -0.1) is 0 Å². The highest BCUT2D eigenvalue weighted by Gasteiger charge is 2.31. The van der Waals surface area contributed by atoms with Crippen LogP contribution in [-0.4, -0.2) is 42.1 Å². The summed E-state index contributed by atoms with van der Waals surface area (Å²) in [6.45, 7) is 0. The number of aromatic carboxylic acids is 1. The highest BCUT2D eigenvalue weighted by atomic mass is 32.2. The monoisotopic (exact) mass is 347 g/mol. The van der Waals surface area contributed by atoms with E-state index >= 15 is 0 Å². The van der Waals surface area contributed by atoms with Crippen LogP contribution in [0, 0.1) is 6.07 Å². The first-order chi connectivity index (χ1) is 9.94. The maximum Gasteiger partial charge on any atom is 0.340 e. The van der Waals surface area contributed by atoms with Gasteiger partial charge in [0.2, 0.25) is 0 Å². The molecule has 117 valence electrons. The molecule has 2 aromatic carbocycles. The molecule has 2 rings (SSSR count). The molecule has 0 amide bonds. The van der Waals surface area contributed by atoms with Crippen LogP contribution in [0.2, 0.25) is 0 Å². The van der Waals surface area contributed by atoms with Gasteiger partial charge in [-0.3, -0.25) is 9.11 Å². The molecule has 0 aliphatic heterocycles. The SMILES string of the molecule is O=C(O)c1c(O)[c]c2cccc(S(=O)(=O)O)c2c1S(=O)(=O)O. The number of carboxylic acids is 1. The molecule has 0 saturated carbocycles. The average molecular weight is 347 g/mol. The Labute approximate surface area is 123 Å². The fourth-order valence-electron chi connectivity index (χ4n) is 1.96. The van der Waals surface area contributed by atoms with Crippen molar-refractivity contribution in [3.63, 3.8) is 0 Å². The van der Waals surface area contributed by atoms with Crippen LogP contribution in [0.5, 0.6) is 5.75 Å². The fourth-order valence-corrected chi connectivity index (χ4v) is 3.67. The number of hydrogen-bond donors (Lipinski definition) is 4. The van der Waals surface area contributed by atoms with E-state index in [4.69, 9.17) is 9.66 Å². The minimum absolute atomic E-state index is 0.328. The number of carbonyl (C=O) groups is 1. The summed E-state index contributed by atoms with van der Waals surface area (Å²) in [5.41, 5.74) is -1.26. The molecule has 0 aliphatic carbocycles. The summed E-state index contributed by atoms with van der Waals surface area (Å²) in [5, 5.41) is 17.5. The standard InChI is InChI=1S/C11H7O9S2/c12-6-4-5-2-1-3-7(21(15,16)17)8(5)10(22(18,19)20)9(6)11(13)14/h1-3,12H,(H,13,14)(H,15,16,17)(H,18,19,20). The normalized spacial score (nSPS) is 12.5. The van der Waals surface area contributed by atoms with Crippen molar-refractivity contribution in [3.8, 4) is 5.75 Å². The van der Waals surface area contributed by atoms with E-state index in [1.165, 1.54) is 0 Å². The molecule has 2 aromatic rings. The molecule has 0 spiro atoms. The van der Waals surface area contributed by atoms with Crippen molar-refractivity contribution in [1.29, 1.82) is 0 Å². The number of aromatic hydroxyl groups is 1. The Morgan fingerprint density at radius 3 is 2.09 bits per heavy atom. The highest BCUT2D eigenvalue weighted by molar-refractivity contribution is 7.87. The maximum atomic E-state index is 11.5. The van der Waals surface area contributed by atoms with Crippen LogP contribution in [0.25, 0.3) is 10.8 Å². The number of carboxylic acid groups (broad SMARTS) is 1. The Morgan fingerprint density at radius 2 is 1.64 bits per heavy atom. The lowest BCUT2D eigenvalue weighted by Crippen LogP contribution is -2.11. The van der Waals surface area contributed by atoms with Crippen molar-refractivity contribution in [3.05, 3.63) is 29.8 Å². The van der Waals surface area contributed by atoms with Crippen LogP contribution in [0.3, 0.4) is 0 Å². The van der Waals surface area contributed by atoms with Crippen LogP contribution in [0.15, 0.2) is 28.0 Å². The van der Waals surface area contributed by atoms with Gasteiger partial charge in [-0.25, -0.2) is 4.79 Å². The van der Waals surface area contributed by atoms with Crippen LogP contribution in [0.4, 0.5) is 0 Å². The number of benzene rings is 2. The first-order valence-corrected chi connectivity index (χ1v) is 8.22. The smallest absolute Gasteiger partial charge is 0.340 e. The highest BCUT2D eigenvalue weighted by Crippen LogP contribution is 2.36. The Balaban J connectivity index is 3.28. The van der Waals surface area contributed by atoms with Gasteiger partial charge in [0.15, 0.2) is 0 Å². The van der Waals surface area contributed by atoms with Crippen LogP contribution in [-0.2, 0) is 20.2 Å². The molecule has 0 aromatic heterocycles. The zero-order chi connectivity index (χ0) is 16.9. The van der Waals surface area contributed by atoms with Gasteiger partial charge in [-0.1, -0.05) is 12.1 Å². The van der Waals surface area contributed by atoms with Crippen LogP contribution < -0.4 is 0 Å². The number of fused-ring (bicyclic) bond motifs is 1. The summed E-state index contributed by atoms with van der Waals surface area (Å²) in [7, 11) is -10.2. The zero-order valence-electron chi connectivity index (χ0n) is 10.4. The molecule has 1 radical (unpaired) electrons. The first kappa shape index (κ1) is 16.2. The predicted molar refractivity (Wildman–Crippen MR) is 71.0 cm³/mol. The molecular formula is C11H7O9S2. The molecule has 4 N–H and O–H groups in total. The molecule has 0 heterocycles. The fraction of sp³-hybridized carbons (Fsp3) is 0. The van der Waals surface area contributed by atoms with Crippen molar-refractivity contribution in [1.82, 2.24) is 0 Å². The Bertz CT molecular complexity index is 1000. The largest absolute Gasteiger partial charge is 0.506 e. The van der Waals surface area contributed by atoms with Crippen molar-refractivity contribution >= 4 is 37.0 Å². The van der Waals surface area contributed by atoms with Crippen LogP contribution in [0.1, 0.15) is 10.4 Å². The number of hydrogen-bond acceptors (Lipinski definition) is 6. The third-order valence-electron chi connectivity index (χ3n) is 2.72. The summed E-state index contributed by atoms with van der Waals surface area (Å²) in [4.78, 5) is 8.83. The second kappa shape index (κ2) is 4.91. The van der Waals surface area contributed by atoms with Gasteiger partial charge in [-0.05, 0) is 11.5 Å². The third kappa shape index (κ3) is 2.62. The average Bonchev–Trinajstić information content (AvgIpc) is 2.33. The molecular weight excluding hydrogens is 340 g/mol. The van der Waals surface area contributed by atoms with Crippen LogP contribution >= 0.6 is 0 Å². The van der Waals surface area contributed by atoms with Crippen molar-refractivity contribution in [2.24, 2.45) is 0 Å². The Kier molecular flexibility index (Phi) is 3.61. The molecule has 0 atom stereocenters. The molecule has 0 unspecified atom stereocenters. The number of phenols is 1. The molecule has 9 nitrogen and oxygen atoms in total. The van der Waals surface area contributed by atoms with E-state index in [1.807, 2.05) is 0 Å². The number of rotatable bonds is 3. The summed E-state index contributed by atoms with van der Waals surface area (Å²) in [6.07, 6.45) is 0. The quantitative estimate of drug-likeness (QED) is 0.579. The summed E-state index contributed by atoms with van der Waals surface area (Å²) >= 11 is 0. The van der Waals surface area contributed by atoms with E-state index in [2.05, 4.69) is 6.07 Å². The lowest BCUT2D eigenvalue weighted by atomic mass is 10.1. The lowest BCUT2D eigenvalue weighted by Gasteiger charge is -2.12. The van der Waals surface area contributed by atoms with Crippen molar-refractivity contribution in [2.75, 3.05) is 0 Å². The van der Waals surface area contributed by atoms with Gasteiger partial charge >= 0.3 is 5.97 Å². The molecule has 0 saturated heterocycles. The Morgan fingerprint density at radius 1 is 1.05 bits per heavy atom. The molecule has 0 aliphatic rings. The van der Waals surface area contributed by atoms with Gasteiger partial charge in [0.25, 0.3) is 20.2 Å². The van der Waals surface area contributed by atoms with Crippen molar-refractivity contribution in [2.45, 2.75) is 9.79 Å². The third-order valence-corrected chi connectivity index (χ3v) is 4.54. The minimum atomic E-state index is -5.25. The maximum absolute atomic E-state index is 11.5. The van der Waals surface area contributed by atoms with E-state index in [1.54, 1.807) is 0 Å². The van der Waals surface area contributed by atoms with Crippen molar-refractivity contribution < 1.29 is 40.9 Å². The molecule has 0 fully saturated rings. The van der Waals surface area contributed by atoms with Gasteiger partial charge in [0.05, 0.1) is 0 Å². The second-order valence-corrected chi connectivity index (χ2v) is 6.86. The van der Waals surface area contributed by atoms with E-state index < -0.39 is 52.7 Å².